The molecule has 0 bridgehead atoms. The number of fused-ring (bicyclic) bond motifs is 1. The average molecular weight is 641 g/mol. The number of carbonyl (C=O) groups excluding carboxylic acids is 1. The molecule has 3 aromatic heterocycles. The lowest BCUT2D eigenvalue weighted by Crippen LogP contribution is -2.47. The minimum absolute atomic E-state index is 0.0444. The van der Waals surface area contributed by atoms with Gasteiger partial charge in [-0.1, -0.05) is 0 Å². The summed E-state index contributed by atoms with van der Waals surface area (Å²) in [7, 11) is 1.66. The van der Waals surface area contributed by atoms with Crippen molar-refractivity contribution in [3.63, 3.8) is 0 Å². The van der Waals surface area contributed by atoms with Crippen LogP contribution < -0.4 is 10.6 Å². The summed E-state index contributed by atoms with van der Waals surface area (Å²) in [5, 5.41) is 25.3. The standard InChI is InChI=1S/C29H37F5N8O3/c1-41-22(4-8-36-41)26(44)38-24(17-3-2-7-28(30,31)13-17)21-15-42-27(37-21)39-23(16-5-9-45-10-6-16)20(40-42)12-18-11-19(29(32,33)34)14-35-25(18)43/h4,8,15-19,24,26,38,44H,2-3,5-7,9-14H2,1H3,(H,35,43)/t17-,18+,19+,24-,26?/m0/s1. The Labute approximate surface area is 255 Å². The van der Waals surface area contributed by atoms with Crippen LogP contribution in [0.4, 0.5) is 22.0 Å². The second kappa shape index (κ2) is 12.5. The van der Waals surface area contributed by atoms with Crippen molar-refractivity contribution in [2.75, 3.05) is 19.8 Å². The molecule has 1 amide bonds. The van der Waals surface area contributed by atoms with Gasteiger partial charge < -0.3 is 15.2 Å². The van der Waals surface area contributed by atoms with Crippen molar-refractivity contribution in [3.05, 3.63) is 41.2 Å². The Bertz CT molecular complexity index is 1500. The van der Waals surface area contributed by atoms with E-state index in [0.717, 1.165) is 0 Å². The van der Waals surface area contributed by atoms with Gasteiger partial charge in [-0.25, -0.2) is 23.3 Å². The summed E-state index contributed by atoms with van der Waals surface area (Å²) in [6.07, 6.45) is -1.59. The van der Waals surface area contributed by atoms with Crippen LogP contribution in [0.2, 0.25) is 0 Å². The van der Waals surface area contributed by atoms with E-state index in [2.05, 4.69) is 20.7 Å². The predicted molar refractivity (Wildman–Crippen MR) is 149 cm³/mol. The highest BCUT2D eigenvalue weighted by Gasteiger charge is 2.45. The number of rotatable bonds is 8. The van der Waals surface area contributed by atoms with E-state index in [0.29, 0.717) is 61.7 Å². The summed E-state index contributed by atoms with van der Waals surface area (Å²) < 4.78 is 78.3. The van der Waals surface area contributed by atoms with Crippen LogP contribution >= 0.6 is 0 Å². The van der Waals surface area contributed by atoms with Crippen LogP contribution in [0.5, 0.6) is 0 Å². The first kappa shape index (κ1) is 31.7. The number of ether oxygens (including phenoxy) is 1. The van der Waals surface area contributed by atoms with Crippen LogP contribution in [0.3, 0.4) is 0 Å². The Hall–Kier alpha value is -3.24. The van der Waals surface area contributed by atoms with Crippen LogP contribution in [0.25, 0.3) is 5.78 Å². The quantitative estimate of drug-likeness (QED) is 0.251. The zero-order chi connectivity index (χ0) is 31.9. The SMILES string of the molecule is Cn1nccc1C(O)N[C@H](c1cn2nc(C[C@H]3C[C@@H](C(F)(F)F)CNC3=O)c(C3CCOCC3)nc2n1)[C@H]1CCCC(F)(F)C1. The van der Waals surface area contributed by atoms with E-state index in [1.165, 1.54) is 15.4 Å². The van der Waals surface area contributed by atoms with Gasteiger partial charge in [0.25, 0.3) is 5.78 Å². The molecule has 16 heteroatoms. The van der Waals surface area contributed by atoms with Gasteiger partial charge in [0, 0.05) is 64.1 Å². The largest absolute Gasteiger partial charge is 0.393 e. The third kappa shape index (κ3) is 6.97. The molecule has 3 aromatic rings. The van der Waals surface area contributed by atoms with Crippen molar-refractivity contribution in [2.45, 2.75) is 81.7 Å². The predicted octanol–water partition coefficient (Wildman–Crippen LogP) is 3.76. The van der Waals surface area contributed by atoms with Crippen LogP contribution in [-0.2, 0) is 23.0 Å². The van der Waals surface area contributed by atoms with Gasteiger partial charge in [-0.2, -0.15) is 23.4 Å². The molecule has 0 radical (unpaired) electrons. The van der Waals surface area contributed by atoms with Gasteiger partial charge in [-0.15, -0.1) is 0 Å². The van der Waals surface area contributed by atoms with Gasteiger partial charge in [-0.05, 0) is 44.1 Å². The number of piperidine rings is 1. The minimum atomic E-state index is -4.44. The number of alkyl halides is 5. The average Bonchev–Trinajstić information content (AvgIpc) is 3.61. The molecule has 6 rings (SSSR count). The van der Waals surface area contributed by atoms with Gasteiger partial charge >= 0.3 is 6.18 Å². The molecule has 3 N–H and O–H groups in total. The van der Waals surface area contributed by atoms with Crippen molar-refractivity contribution in [1.29, 1.82) is 0 Å². The molecule has 3 fully saturated rings. The summed E-state index contributed by atoms with van der Waals surface area (Å²) in [4.78, 5) is 22.2. The fraction of sp³-hybridized carbons (Fsp3) is 0.690. The van der Waals surface area contributed by atoms with E-state index in [1.54, 1.807) is 19.3 Å². The van der Waals surface area contributed by atoms with Crippen LogP contribution in [0, 0.1) is 17.8 Å². The lowest BCUT2D eigenvalue weighted by molar-refractivity contribution is -0.183. The van der Waals surface area contributed by atoms with Gasteiger partial charge in [-0.3, -0.25) is 14.8 Å². The highest BCUT2D eigenvalue weighted by atomic mass is 19.4. The van der Waals surface area contributed by atoms with Crippen molar-refractivity contribution in [2.24, 2.45) is 24.8 Å². The number of nitrogens with one attached hydrogen (secondary N) is 2. The monoisotopic (exact) mass is 640 g/mol. The highest BCUT2D eigenvalue weighted by Crippen LogP contribution is 2.43. The lowest BCUT2D eigenvalue weighted by atomic mass is 9.80. The van der Waals surface area contributed by atoms with Crippen molar-refractivity contribution >= 4 is 11.7 Å². The maximum Gasteiger partial charge on any atom is 0.393 e. The normalized spacial score (nSPS) is 26.1. The maximum atomic E-state index is 14.6. The van der Waals surface area contributed by atoms with Crippen molar-refractivity contribution in [3.8, 4) is 0 Å². The summed E-state index contributed by atoms with van der Waals surface area (Å²) >= 11 is 0. The second-order valence-corrected chi connectivity index (χ2v) is 12.5. The van der Waals surface area contributed by atoms with Gasteiger partial charge in [0.15, 0.2) is 0 Å². The number of nitrogens with zero attached hydrogens (tertiary/aromatic N) is 6. The molecule has 5 heterocycles. The number of amides is 1. The Kier molecular flexibility index (Phi) is 8.82. The number of aliphatic hydroxyl groups excluding tert-OH is 1. The van der Waals surface area contributed by atoms with Crippen molar-refractivity contribution < 1.29 is 36.6 Å². The molecule has 2 aliphatic heterocycles. The minimum Gasteiger partial charge on any atom is -0.381 e. The second-order valence-electron chi connectivity index (χ2n) is 12.5. The zero-order valence-electron chi connectivity index (χ0n) is 24.8. The Morgan fingerprint density at radius 3 is 2.69 bits per heavy atom. The van der Waals surface area contributed by atoms with E-state index in [9.17, 15) is 31.9 Å². The molecule has 45 heavy (non-hydrogen) atoms. The number of aromatic nitrogens is 6. The third-order valence-corrected chi connectivity index (χ3v) is 9.35. The van der Waals surface area contributed by atoms with E-state index in [4.69, 9.17) is 14.8 Å². The fourth-order valence-electron chi connectivity index (χ4n) is 6.90. The smallest absolute Gasteiger partial charge is 0.381 e. The number of carbonyl (C=O) groups is 1. The van der Waals surface area contributed by atoms with E-state index < -0.39 is 61.0 Å². The molecule has 5 atom stereocenters. The van der Waals surface area contributed by atoms with Crippen LogP contribution in [-0.4, -0.2) is 72.2 Å². The Morgan fingerprint density at radius 2 is 2.00 bits per heavy atom. The molecular weight excluding hydrogens is 603 g/mol. The van der Waals surface area contributed by atoms with E-state index in [-0.39, 0.29) is 31.0 Å². The van der Waals surface area contributed by atoms with Gasteiger partial charge in [0.1, 0.15) is 6.23 Å². The summed E-state index contributed by atoms with van der Waals surface area (Å²) in [5.74, 6) is -6.42. The number of imidazole rings is 1. The van der Waals surface area contributed by atoms with Crippen LogP contribution in [0.1, 0.15) is 85.9 Å². The first-order valence-corrected chi connectivity index (χ1v) is 15.4. The summed E-state index contributed by atoms with van der Waals surface area (Å²) in [5.41, 5.74) is 1.73. The van der Waals surface area contributed by atoms with Crippen LogP contribution in [0.15, 0.2) is 18.5 Å². The topological polar surface area (TPSA) is 131 Å². The summed E-state index contributed by atoms with van der Waals surface area (Å²) in [6, 6.07) is 0.824. The number of aliphatic hydroxyl groups is 1. The van der Waals surface area contributed by atoms with Crippen molar-refractivity contribution in [1.82, 2.24) is 40.0 Å². The molecular formula is C29H37F5N8O3. The number of halogens is 5. The Balaban J connectivity index is 1.36. The Morgan fingerprint density at radius 1 is 1.22 bits per heavy atom. The molecule has 0 spiro atoms. The number of aryl methyl sites for hydroxylation is 1. The molecule has 0 aromatic carbocycles. The fourth-order valence-corrected chi connectivity index (χ4v) is 6.90. The molecule has 1 unspecified atom stereocenters. The maximum absolute atomic E-state index is 14.6. The summed E-state index contributed by atoms with van der Waals surface area (Å²) in [6.45, 7) is 0.496. The zero-order valence-corrected chi connectivity index (χ0v) is 24.8. The molecule has 11 nitrogen and oxygen atoms in total. The van der Waals surface area contributed by atoms with E-state index >= 15 is 0 Å². The molecule has 3 aliphatic rings. The highest BCUT2D eigenvalue weighted by molar-refractivity contribution is 5.79. The third-order valence-electron chi connectivity index (χ3n) is 9.35. The molecule has 1 saturated carbocycles. The molecule has 2 saturated heterocycles. The lowest BCUT2D eigenvalue weighted by Gasteiger charge is -2.35. The first-order chi connectivity index (χ1) is 21.4. The van der Waals surface area contributed by atoms with Gasteiger partial charge in [0.2, 0.25) is 11.8 Å². The molecule has 1 aliphatic carbocycles. The first-order valence-electron chi connectivity index (χ1n) is 15.4. The molecule has 246 valence electrons. The van der Waals surface area contributed by atoms with E-state index in [1.807, 2.05) is 0 Å². The number of hydrogen-bond donors (Lipinski definition) is 3. The number of hydrogen-bond acceptors (Lipinski definition) is 8. The van der Waals surface area contributed by atoms with Gasteiger partial charge in [0.05, 0.1) is 40.9 Å².